The molecule has 39 heavy (non-hydrogen) atoms. The van der Waals surface area contributed by atoms with Crippen molar-refractivity contribution in [3.63, 3.8) is 0 Å². The van der Waals surface area contributed by atoms with E-state index in [9.17, 15) is 19.8 Å². The fourth-order valence-corrected chi connectivity index (χ4v) is 4.42. The number of piperidine rings is 2. The Labute approximate surface area is 233 Å². The van der Waals surface area contributed by atoms with Gasteiger partial charge in [-0.3, -0.25) is 4.90 Å². The summed E-state index contributed by atoms with van der Waals surface area (Å²) in [7, 11) is 0. The first-order valence-electron chi connectivity index (χ1n) is 13.8. The summed E-state index contributed by atoms with van der Waals surface area (Å²) < 4.78 is 10.5. The highest BCUT2D eigenvalue weighted by Gasteiger charge is 2.40. The average molecular weight is 551 g/mol. The maximum absolute atomic E-state index is 12.0. The van der Waals surface area contributed by atoms with Gasteiger partial charge in [0.25, 0.3) is 0 Å². The minimum Gasteiger partial charge on any atom is -0.444 e. The van der Waals surface area contributed by atoms with Crippen molar-refractivity contribution in [1.29, 1.82) is 0 Å². The Hall–Kier alpha value is -2.40. The number of β-amino-alcohol motifs (C(OH)–C–C–N with tert-alkyl or cyclic N) is 2. The van der Waals surface area contributed by atoms with Crippen LogP contribution in [0.3, 0.4) is 0 Å². The average Bonchev–Trinajstić information content (AvgIpc) is 2.77. The van der Waals surface area contributed by atoms with Crippen LogP contribution in [0.15, 0.2) is 30.3 Å². The van der Waals surface area contributed by atoms with Gasteiger partial charge < -0.3 is 35.6 Å². The molecule has 10 heteroatoms. The Kier molecular flexibility index (Phi) is 11.2. The van der Waals surface area contributed by atoms with E-state index in [1.54, 1.807) is 0 Å². The lowest BCUT2D eigenvalue weighted by Gasteiger charge is -2.43. The minimum absolute atomic E-state index is 0.476. The molecule has 0 radical (unpaired) electrons. The number of hydrogen-bond acceptors (Lipinski definition) is 8. The molecule has 1 aromatic rings. The Morgan fingerprint density at radius 2 is 1.44 bits per heavy atom. The summed E-state index contributed by atoms with van der Waals surface area (Å²) in [5, 5.41) is 29.0. The predicted octanol–water partition coefficient (Wildman–Crippen LogP) is 3.16. The summed E-state index contributed by atoms with van der Waals surface area (Å²) in [6, 6.07) is 10.2. The number of carbonyl (C=O) groups excluding carboxylic acids is 2. The van der Waals surface area contributed by atoms with Crippen molar-refractivity contribution < 1.29 is 29.3 Å². The molecule has 2 heterocycles. The van der Waals surface area contributed by atoms with Gasteiger partial charge in [0.15, 0.2) is 0 Å². The van der Waals surface area contributed by atoms with Gasteiger partial charge in [0.1, 0.15) is 11.2 Å². The summed E-state index contributed by atoms with van der Waals surface area (Å²) in [5.74, 6) is 0. The molecule has 0 aliphatic carbocycles. The third kappa shape index (κ3) is 11.3. The van der Waals surface area contributed by atoms with E-state index in [1.165, 1.54) is 5.56 Å². The fourth-order valence-electron chi connectivity index (χ4n) is 4.42. The van der Waals surface area contributed by atoms with E-state index in [2.05, 4.69) is 33.0 Å². The van der Waals surface area contributed by atoms with Crippen LogP contribution in [-0.4, -0.2) is 88.0 Å². The Morgan fingerprint density at radius 3 is 1.90 bits per heavy atom. The molecule has 3 rings (SSSR count). The standard InChI is InChI=1S/C18H28N2O3.C11H22N2O3/c1-17(2,3)23-16(22)19-18(4)10-11-20(13-15(18)21)12-14-8-6-5-7-9-14;1-10(2,3)16-9(15)13-11(4)5-6-12-7-8(11)14/h5-9,15,21H,10-13H2,1-4H3,(H,19,22);8,12,14H,5-7H2,1-4H3,(H,13,15)/t15-,18-;8-,11-/m11/s1. The van der Waals surface area contributed by atoms with Crippen LogP contribution < -0.4 is 16.0 Å². The maximum Gasteiger partial charge on any atom is 0.408 e. The van der Waals surface area contributed by atoms with Crippen molar-refractivity contribution in [2.75, 3.05) is 26.2 Å². The number of ether oxygens (including phenoxy) is 2. The van der Waals surface area contributed by atoms with Crippen molar-refractivity contribution >= 4 is 12.2 Å². The summed E-state index contributed by atoms with van der Waals surface area (Å²) in [6.07, 6.45) is -0.805. The number of nitrogens with one attached hydrogen (secondary N) is 3. The van der Waals surface area contributed by atoms with Gasteiger partial charge in [0, 0.05) is 26.2 Å². The first-order valence-corrected chi connectivity index (χ1v) is 13.8. The lowest BCUT2D eigenvalue weighted by atomic mass is 9.86. The van der Waals surface area contributed by atoms with Gasteiger partial charge in [-0.15, -0.1) is 0 Å². The van der Waals surface area contributed by atoms with Crippen LogP contribution in [0.5, 0.6) is 0 Å². The summed E-state index contributed by atoms with van der Waals surface area (Å²) in [4.78, 5) is 25.8. The van der Waals surface area contributed by atoms with Crippen LogP contribution >= 0.6 is 0 Å². The van der Waals surface area contributed by atoms with Crippen LogP contribution in [0.2, 0.25) is 0 Å². The minimum atomic E-state index is -0.657. The highest BCUT2D eigenvalue weighted by Crippen LogP contribution is 2.24. The van der Waals surface area contributed by atoms with Crippen molar-refractivity contribution in [3.8, 4) is 0 Å². The van der Waals surface area contributed by atoms with Gasteiger partial charge in [-0.2, -0.15) is 0 Å². The molecule has 10 nitrogen and oxygen atoms in total. The van der Waals surface area contributed by atoms with Crippen LogP contribution in [0.4, 0.5) is 9.59 Å². The molecular weight excluding hydrogens is 500 g/mol. The summed E-state index contributed by atoms with van der Waals surface area (Å²) >= 11 is 0. The van der Waals surface area contributed by atoms with Crippen molar-refractivity contribution in [3.05, 3.63) is 35.9 Å². The maximum atomic E-state index is 12.0. The van der Waals surface area contributed by atoms with Crippen molar-refractivity contribution in [1.82, 2.24) is 20.9 Å². The fraction of sp³-hybridized carbons (Fsp3) is 0.724. The van der Waals surface area contributed by atoms with Gasteiger partial charge in [-0.1, -0.05) is 30.3 Å². The summed E-state index contributed by atoms with van der Waals surface area (Å²) in [5.41, 5.74) is -1.09. The van der Waals surface area contributed by atoms with E-state index < -0.39 is 46.7 Å². The molecule has 222 valence electrons. The molecule has 2 saturated heterocycles. The lowest BCUT2D eigenvalue weighted by molar-refractivity contribution is -0.0178. The van der Waals surface area contributed by atoms with E-state index in [0.717, 1.165) is 19.6 Å². The second-order valence-corrected chi connectivity index (χ2v) is 13.0. The number of aliphatic hydroxyl groups is 2. The summed E-state index contributed by atoms with van der Waals surface area (Å²) in [6.45, 7) is 18.1. The van der Waals surface area contributed by atoms with Crippen molar-refractivity contribution in [2.45, 2.75) is 109 Å². The highest BCUT2D eigenvalue weighted by atomic mass is 16.6. The Morgan fingerprint density at radius 1 is 0.923 bits per heavy atom. The molecule has 0 unspecified atom stereocenters. The third-order valence-electron chi connectivity index (χ3n) is 6.83. The number of rotatable bonds is 4. The van der Waals surface area contributed by atoms with Gasteiger partial charge in [0.05, 0.1) is 23.3 Å². The van der Waals surface area contributed by atoms with Crippen LogP contribution in [0.25, 0.3) is 0 Å². The number of benzene rings is 1. The molecule has 2 aliphatic heterocycles. The molecule has 2 fully saturated rings. The first kappa shape index (κ1) is 32.8. The first-order chi connectivity index (χ1) is 17.9. The zero-order valence-corrected chi connectivity index (χ0v) is 25.0. The van der Waals surface area contributed by atoms with E-state index >= 15 is 0 Å². The molecule has 1 aromatic carbocycles. The van der Waals surface area contributed by atoms with E-state index in [4.69, 9.17) is 9.47 Å². The van der Waals surface area contributed by atoms with E-state index in [0.29, 0.717) is 25.9 Å². The SMILES string of the molecule is CC(C)(C)OC(=O)N[C@]1(C)CCN(Cc2ccccc2)C[C@H]1O.CC(C)(C)OC(=O)N[C@]1(C)CCNC[C@H]1O. The van der Waals surface area contributed by atoms with Crippen LogP contribution in [-0.2, 0) is 16.0 Å². The molecule has 0 bridgehead atoms. The topological polar surface area (TPSA) is 132 Å². The predicted molar refractivity (Wildman–Crippen MR) is 151 cm³/mol. The van der Waals surface area contributed by atoms with E-state index in [-0.39, 0.29) is 0 Å². The second-order valence-electron chi connectivity index (χ2n) is 13.0. The Bertz CT molecular complexity index is 932. The van der Waals surface area contributed by atoms with Crippen LogP contribution in [0.1, 0.15) is 73.8 Å². The largest absolute Gasteiger partial charge is 0.444 e. The lowest BCUT2D eigenvalue weighted by Crippen LogP contribution is -2.62. The monoisotopic (exact) mass is 550 g/mol. The number of aliphatic hydroxyl groups excluding tert-OH is 2. The van der Waals surface area contributed by atoms with E-state index in [1.807, 2.05) is 73.6 Å². The quantitative estimate of drug-likeness (QED) is 0.386. The Balaban J connectivity index is 0.000000293. The van der Waals surface area contributed by atoms with Gasteiger partial charge in [-0.05, 0) is 80.3 Å². The van der Waals surface area contributed by atoms with Crippen molar-refractivity contribution in [2.24, 2.45) is 0 Å². The third-order valence-corrected chi connectivity index (χ3v) is 6.83. The molecule has 0 saturated carbocycles. The number of hydrogen-bond donors (Lipinski definition) is 5. The van der Waals surface area contributed by atoms with Gasteiger partial charge in [-0.25, -0.2) is 9.59 Å². The molecular formula is C29H50N4O6. The molecule has 0 aromatic heterocycles. The molecule has 4 atom stereocenters. The zero-order chi connectivity index (χ0) is 29.5. The molecule has 2 amide bonds. The highest BCUT2D eigenvalue weighted by molar-refractivity contribution is 5.69. The number of amides is 2. The molecule has 0 spiro atoms. The normalized spacial score (nSPS) is 27.9. The van der Waals surface area contributed by atoms with Gasteiger partial charge >= 0.3 is 12.2 Å². The molecule has 5 N–H and O–H groups in total. The number of nitrogens with zero attached hydrogens (tertiary/aromatic N) is 1. The number of alkyl carbamates (subject to hydrolysis) is 2. The number of likely N-dealkylation sites (tertiary alicyclic amines) is 1. The smallest absolute Gasteiger partial charge is 0.408 e. The van der Waals surface area contributed by atoms with Crippen LogP contribution in [0, 0.1) is 0 Å². The second kappa shape index (κ2) is 13.3. The zero-order valence-electron chi connectivity index (χ0n) is 25.0. The molecule has 2 aliphatic rings. The number of carbonyl (C=O) groups is 2. The van der Waals surface area contributed by atoms with Gasteiger partial charge in [0.2, 0.25) is 0 Å².